The van der Waals surface area contributed by atoms with Crippen LogP contribution >= 0.6 is 0 Å². The van der Waals surface area contributed by atoms with E-state index < -0.39 is 0 Å². The number of hydrogen-bond donors (Lipinski definition) is 0. The quantitative estimate of drug-likeness (QED) is 0.708. The van der Waals surface area contributed by atoms with Crippen LogP contribution in [0.4, 0.5) is 5.69 Å². The van der Waals surface area contributed by atoms with Gasteiger partial charge in [0, 0.05) is 25.2 Å². The zero-order chi connectivity index (χ0) is 17.8. The van der Waals surface area contributed by atoms with E-state index in [1.807, 2.05) is 73.6 Å². The van der Waals surface area contributed by atoms with Gasteiger partial charge in [-0.15, -0.1) is 10.2 Å². The van der Waals surface area contributed by atoms with Crippen molar-refractivity contribution >= 4 is 5.69 Å². The van der Waals surface area contributed by atoms with Crippen molar-refractivity contribution < 1.29 is 9.47 Å². The molecule has 25 heavy (non-hydrogen) atoms. The van der Waals surface area contributed by atoms with Crippen LogP contribution in [0.5, 0.6) is 11.5 Å². The van der Waals surface area contributed by atoms with Crippen LogP contribution in [0, 0.1) is 0 Å². The lowest BCUT2D eigenvalue weighted by Crippen LogP contribution is -2.12. The maximum absolute atomic E-state index is 5.22. The van der Waals surface area contributed by atoms with E-state index in [1.54, 1.807) is 14.2 Å². The van der Waals surface area contributed by atoms with Crippen molar-refractivity contribution in [3.63, 3.8) is 0 Å². The molecule has 0 spiro atoms. The first-order valence-corrected chi connectivity index (χ1v) is 7.96. The lowest BCUT2D eigenvalue weighted by Gasteiger charge is -2.17. The smallest absolute Gasteiger partial charge is 0.118 e. The minimum Gasteiger partial charge on any atom is -0.497 e. The first kappa shape index (κ1) is 16.8. The third kappa shape index (κ3) is 3.55. The van der Waals surface area contributed by atoms with Gasteiger partial charge in [-0.05, 0) is 54.6 Å². The Kier molecular flexibility index (Phi) is 4.84. The molecule has 0 saturated heterocycles. The summed E-state index contributed by atoms with van der Waals surface area (Å²) in [7, 11) is 7.32. The van der Waals surface area contributed by atoms with E-state index in [0.29, 0.717) is 0 Å². The third-order valence-corrected chi connectivity index (χ3v) is 4.00. The number of anilines is 1. The van der Waals surface area contributed by atoms with E-state index in [-0.39, 0.29) is 0 Å². The van der Waals surface area contributed by atoms with Crippen LogP contribution in [-0.4, -0.2) is 38.5 Å². The largest absolute Gasteiger partial charge is 0.497 e. The first-order chi connectivity index (χ1) is 12.1. The number of rotatable bonds is 5. The van der Waals surface area contributed by atoms with E-state index in [0.717, 1.165) is 39.7 Å². The first-order valence-electron chi connectivity index (χ1n) is 7.96. The maximum atomic E-state index is 5.22. The summed E-state index contributed by atoms with van der Waals surface area (Å²) in [4.78, 5) is 2.04. The number of methoxy groups -OCH3 is 2. The van der Waals surface area contributed by atoms with Crippen LogP contribution in [0.3, 0.4) is 0 Å². The highest BCUT2D eigenvalue weighted by atomic mass is 16.5. The lowest BCUT2D eigenvalue weighted by atomic mass is 10.1. The lowest BCUT2D eigenvalue weighted by molar-refractivity contribution is 0.414. The molecule has 0 aliphatic rings. The molecule has 0 unspecified atom stereocenters. The monoisotopic (exact) mass is 335 g/mol. The fourth-order valence-corrected chi connectivity index (χ4v) is 2.58. The number of nitrogens with zero attached hydrogens (tertiary/aromatic N) is 3. The highest BCUT2D eigenvalue weighted by Gasteiger charge is 2.13. The van der Waals surface area contributed by atoms with Gasteiger partial charge in [-0.1, -0.05) is 0 Å². The molecule has 0 aliphatic carbocycles. The molecule has 1 heterocycles. The number of hydrogen-bond acceptors (Lipinski definition) is 5. The Hall–Kier alpha value is -3.08. The van der Waals surface area contributed by atoms with Gasteiger partial charge in [0.15, 0.2) is 0 Å². The third-order valence-electron chi connectivity index (χ3n) is 4.00. The summed E-state index contributed by atoms with van der Waals surface area (Å²) in [6.07, 6.45) is 0. The van der Waals surface area contributed by atoms with Crippen LogP contribution in [0.2, 0.25) is 0 Å². The molecule has 0 atom stereocenters. The van der Waals surface area contributed by atoms with Crippen LogP contribution in [0.15, 0.2) is 54.6 Å². The molecule has 5 nitrogen and oxygen atoms in total. The van der Waals surface area contributed by atoms with Gasteiger partial charge < -0.3 is 14.4 Å². The van der Waals surface area contributed by atoms with Gasteiger partial charge in [0.25, 0.3) is 0 Å². The molecular formula is C20H21N3O2. The molecule has 1 aromatic heterocycles. The van der Waals surface area contributed by atoms with Crippen molar-refractivity contribution in [2.24, 2.45) is 0 Å². The molecular weight excluding hydrogens is 314 g/mol. The summed E-state index contributed by atoms with van der Waals surface area (Å²) in [5.41, 5.74) is 4.66. The van der Waals surface area contributed by atoms with Crippen molar-refractivity contribution in [3.8, 4) is 34.0 Å². The minimum absolute atomic E-state index is 0.818. The highest BCUT2D eigenvalue weighted by molar-refractivity contribution is 5.78. The zero-order valence-corrected chi connectivity index (χ0v) is 14.9. The molecule has 3 rings (SSSR count). The van der Waals surface area contributed by atoms with Crippen LogP contribution in [0.25, 0.3) is 22.5 Å². The van der Waals surface area contributed by atoms with E-state index in [9.17, 15) is 0 Å². The maximum Gasteiger partial charge on any atom is 0.118 e. The van der Waals surface area contributed by atoms with Gasteiger partial charge >= 0.3 is 0 Å². The zero-order valence-electron chi connectivity index (χ0n) is 14.9. The van der Waals surface area contributed by atoms with Crippen molar-refractivity contribution in [1.29, 1.82) is 0 Å². The number of benzene rings is 2. The van der Waals surface area contributed by atoms with Crippen molar-refractivity contribution in [1.82, 2.24) is 10.2 Å². The fourth-order valence-electron chi connectivity index (χ4n) is 2.58. The normalized spacial score (nSPS) is 10.4. The van der Waals surface area contributed by atoms with E-state index in [2.05, 4.69) is 10.2 Å². The van der Waals surface area contributed by atoms with Crippen molar-refractivity contribution in [3.05, 3.63) is 54.6 Å². The molecule has 0 bridgehead atoms. The summed E-state index contributed by atoms with van der Waals surface area (Å²) in [5, 5.41) is 8.90. The van der Waals surface area contributed by atoms with E-state index in [1.165, 1.54) is 0 Å². The fraction of sp³-hybridized carbons (Fsp3) is 0.200. The molecule has 0 N–H and O–H groups in total. The Labute approximate surface area is 147 Å². The Morgan fingerprint density at radius 2 is 1.24 bits per heavy atom. The molecule has 0 fully saturated rings. The Morgan fingerprint density at radius 3 is 1.72 bits per heavy atom. The standard InChI is InChI=1S/C20H21N3O2/c1-23(2)19-13-18(14-5-9-16(24-3)10-6-14)21-22-20(19)15-7-11-17(25-4)12-8-15/h5-13H,1-4H3. The second kappa shape index (κ2) is 7.21. The average Bonchev–Trinajstić information content (AvgIpc) is 2.67. The topological polar surface area (TPSA) is 47.5 Å². The van der Waals surface area contributed by atoms with Gasteiger partial charge in [0.05, 0.1) is 25.6 Å². The average molecular weight is 335 g/mol. The van der Waals surface area contributed by atoms with Crippen LogP contribution in [0.1, 0.15) is 0 Å². The summed E-state index contributed by atoms with van der Waals surface area (Å²) < 4.78 is 10.4. The molecule has 2 aromatic carbocycles. The minimum atomic E-state index is 0.818. The molecule has 0 amide bonds. The molecule has 3 aromatic rings. The Bertz CT molecular complexity index is 844. The SMILES string of the molecule is COc1ccc(-c2cc(N(C)C)c(-c3ccc(OC)cc3)nn2)cc1. The van der Waals surface area contributed by atoms with Gasteiger partial charge in [0.1, 0.15) is 17.2 Å². The van der Waals surface area contributed by atoms with Crippen molar-refractivity contribution in [2.45, 2.75) is 0 Å². The van der Waals surface area contributed by atoms with Crippen molar-refractivity contribution in [2.75, 3.05) is 33.2 Å². The molecule has 0 aliphatic heterocycles. The summed E-state index contributed by atoms with van der Waals surface area (Å²) >= 11 is 0. The summed E-state index contributed by atoms with van der Waals surface area (Å²) in [6.45, 7) is 0. The predicted molar refractivity (Wildman–Crippen MR) is 100 cm³/mol. The molecule has 5 heteroatoms. The van der Waals surface area contributed by atoms with Crippen LogP contribution in [-0.2, 0) is 0 Å². The van der Waals surface area contributed by atoms with Gasteiger partial charge in [0.2, 0.25) is 0 Å². The molecule has 128 valence electrons. The second-order valence-electron chi connectivity index (χ2n) is 5.81. The number of ether oxygens (including phenoxy) is 2. The number of aromatic nitrogens is 2. The van der Waals surface area contributed by atoms with E-state index >= 15 is 0 Å². The molecule has 0 saturated carbocycles. The second-order valence-corrected chi connectivity index (χ2v) is 5.81. The Morgan fingerprint density at radius 1 is 0.720 bits per heavy atom. The van der Waals surface area contributed by atoms with E-state index in [4.69, 9.17) is 9.47 Å². The highest BCUT2D eigenvalue weighted by Crippen LogP contribution is 2.31. The van der Waals surface area contributed by atoms with Gasteiger partial charge in [-0.3, -0.25) is 0 Å². The molecule has 0 radical (unpaired) electrons. The summed E-state index contributed by atoms with van der Waals surface area (Å²) in [6, 6.07) is 17.7. The van der Waals surface area contributed by atoms with Gasteiger partial charge in [-0.2, -0.15) is 0 Å². The predicted octanol–water partition coefficient (Wildman–Crippen LogP) is 3.89. The van der Waals surface area contributed by atoms with Crippen LogP contribution < -0.4 is 14.4 Å². The summed E-state index contributed by atoms with van der Waals surface area (Å²) in [5.74, 6) is 1.64. The Balaban J connectivity index is 2.02. The van der Waals surface area contributed by atoms with Gasteiger partial charge in [-0.25, -0.2) is 0 Å².